The molecule has 1 atom stereocenters. The fourth-order valence-corrected chi connectivity index (χ4v) is 6.97. The summed E-state index contributed by atoms with van der Waals surface area (Å²) in [5, 5.41) is 4.46. The van der Waals surface area contributed by atoms with Crippen LogP contribution in [-0.2, 0) is 25.8 Å². The van der Waals surface area contributed by atoms with Crippen LogP contribution in [0.4, 0.5) is 10.5 Å². The first-order chi connectivity index (χ1) is 17.7. The third-order valence-electron chi connectivity index (χ3n) is 7.46. The number of aryl methyl sites for hydroxylation is 2. The summed E-state index contributed by atoms with van der Waals surface area (Å²) in [5.74, 6) is 0.789. The second kappa shape index (κ2) is 9.51. The molecule has 0 fully saturated rings. The van der Waals surface area contributed by atoms with E-state index in [2.05, 4.69) is 53.3 Å². The first kappa shape index (κ1) is 22.9. The molecule has 1 aliphatic carbocycles. The van der Waals surface area contributed by atoms with Gasteiger partial charge in [0.05, 0.1) is 25.4 Å². The standard InChI is InChI=1S/C30H31N3O2S/c1-3-20-13-15-22(16-14-20)31-30(34)33-19-25-24-10-4-5-12-27(24)36-29(25)32-17-7-11-26(32)28(33)21-8-6-9-23(18-21)35-2/h6-9,11,13-18,28H,3-5,10,12,19H2,1-2H3,(H,31,34)/t28-/m0/s1. The van der Waals surface area contributed by atoms with Crippen molar-refractivity contribution in [3.63, 3.8) is 0 Å². The maximum absolute atomic E-state index is 14.0. The molecule has 2 aliphatic rings. The Labute approximate surface area is 216 Å². The second-order valence-corrected chi connectivity index (χ2v) is 10.7. The van der Waals surface area contributed by atoms with Crippen molar-refractivity contribution in [3.05, 3.63) is 99.7 Å². The summed E-state index contributed by atoms with van der Waals surface area (Å²) in [7, 11) is 1.68. The Morgan fingerprint density at radius 1 is 1.06 bits per heavy atom. The van der Waals surface area contributed by atoms with Crippen LogP contribution in [0.15, 0.2) is 66.9 Å². The first-order valence-electron chi connectivity index (χ1n) is 12.8. The van der Waals surface area contributed by atoms with E-state index in [1.165, 1.54) is 39.4 Å². The highest BCUT2D eigenvalue weighted by molar-refractivity contribution is 7.15. The zero-order chi connectivity index (χ0) is 24.6. The molecule has 6 rings (SSSR count). The first-order valence-corrected chi connectivity index (χ1v) is 13.6. The van der Waals surface area contributed by atoms with Gasteiger partial charge in [0.1, 0.15) is 10.8 Å². The maximum Gasteiger partial charge on any atom is 0.322 e. The van der Waals surface area contributed by atoms with Gasteiger partial charge in [-0.2, -0.15) is 0 Å². The predicted molar refractivity (Wildman–Crippen MR) is 146 cm³/mol. The van der Waals surface area contributed by atoms with E-state index in [9.17, 15) is 4.79 Å². The zero-order valence-corrected chi connectivity index (χ0v) is 21.6. The average molecular weight is 498 g/mol. The molecule has 6 heteroatoms. The summed E-state index contributed by atoms with van der Waals surface area (Å²) in [6, 6.07) is 20.1. The number of amides is 2. The lowest BCUT2D eigenvalue weighted by Crippen LogP contribution is -2.38. The number of methoxy groups -OCH3 is 1. The Bertz CT molecular complexity index is 1400. The molecule has 0 saturated carbocycles. The summed E-state index contributed by atoms with van der Waals surface area (Å²) >= 11 is 1.91. The highest BCUT2D eigenvalue weighted by Gasteiger charge is 2.36. The van der Waals surface area contributed by atoms with Gasteiger partial charge in [0.15, 0.2) is 0 Å². The highest BCUT2D eigenvalue weighted by Crippen LogP contribution is 2.44. The summed E-state index contributed by atoms with van der Waals surface area (Å²) in [5.41, 5.74) is 6.95. The average Bonchev–Trinajstić information content (AvgIpc) is 3.51. The van der Waals surface area contributed by atoms with Gasteiger partial charge in [-0.05, 0) is 85.2 Å². The number of ether oxygens (including phenoxy) is 1. The smallest absolute Gasteiger partial charge is 0.322 e. The number of carbonyl (C=O) groups is 1. The number of aromatic nitrogens is 1. The Hall–Kier alpha value is -3.51. The van der Waals surface area contributed by atoms with Crippen LogP contribution in [0.1, 0.15) is 58.6 Å². The lowest BCUT2D eigenvalue weighted by atomic mass is 9.95. The molecule has 4 aromatic rings. The molecule has 1 N–H and O–H groups in total. The zero-order valence-electron chi connectivity index (χ0n) is 20.8. The fraction of sp³-hybridized carbons (Fsp3) is 0.300. The van der Waals surface area contributed by atoms with Gasteiger partial charge < -0.3 is 19.5 Å². The quantitative estimate of drug-likeness (QED) is 0.326. The van der Waals surface area contributed by atoms with Gasteiger partial charge in [-0.25, -0.2) is 4.79 Å². The van der Waals surface area contributed by atoms with Crippen molar-refractivity contribution in [1.29, 1.82) is 0 Å². The highest BCUT2D eigenvalue weighted by atomic mass is 32.1. The SMILES string of the molecule is CCc1ccc(NC(=O)N2Cc3c(sc4c3CCCC4)-n3cccc3[C@@H]2c2cccc(OC)c2)cc1. The lowest BCUT2D eigenvalue weighted by Gasteiger charge is -2.31. The number of fused-ring (bicyclic) bond motifs is 5. The number of benzene rings is 2. The number of nitrogens with zero attached hydrogens (tertiary/aromatic N) is 2. The number of thiophene rings is 1. The van der Waals surface area contributed by atoms with E-state index in [0.717, 1.165) is 42.0 Å². The topological polar surface area (TPSA) is 46.5 Å². The Morgan fingerprint density at radius 3 is 2.69 bits per heavy atom. The Kier molecular flexibility index (Phi) is 6.05. The Balaban J connectivity index is 1.47. The molecule has 0 bridgehead atoms. The number of anilines is 1. The molecule has 0 spiro atoms. The molecule has 2 aromatic heterocycles. The van der Waals surface area contributed by atoms with Crippen molar-refractivity contribution in [2.45, 2.75) is 51.6 Å². The van der Waals surface area contributed by atoms with Crippen molar-refractivity contribution >= 4 is 23.1 Å². The fourth-order valence-electron chi connectivity index (χ4n) is 5.57. The minimum Gasteiger partial charge on any atom is -0.497 e. The van der Waals surface area contributed by atoms with E-state index in [4.69, 9.17) is 4.74 Å². The molecule has 3 heterocycles. The number of urea groups is 1. The number of nitrogens with one attached hydrogen (secondary N) is 1. The Morgan fingerprint density at radius 2 is 1.89 bits per heavy atom. The molecule has 36 heavy (non-hydrogen) atoms. The van der Waals surface area contributed by atoms with Crippen molar-refractivity contribution in [1.82, 2.24) is 9.47 Å². The molecule has 0 saturated heterocycles. The van der Waals surface area contributed by atoms with Gasteiger partial charge in [0.2, 0.25) is 0 Å². The molecule has 2 amide bonds. The number of rotatable bonds is 4. The van der Waals surface area contributed by atoms with Crippen LogP contribution in [-0.4, -0.2) is 22.6 Å². The molecular formula is C30H31N3O2S. The van der Waals surface area contributed by atoms with Crippen molar-refractivity contribution < 1.29 is 9.53 Å². The molecule has 1 aliphatic heterocycles. The second-order valence-electron chi connectivity index (χ2n) is 9.59. The van der Waals surface area contributed by atoms with E-state index in [1.54, 1.807) is 7.11 Å². The maximum atomic E-state index is 14.0. The van der Waals surface area contributed by atoms with Gasteiger partial charge in [0, 0.05) is 22.3 Å². The van der Waals surface area contributed by atoms with Gasteiger partial charge >= 0.3 is 6.03 Å². The van der Waals surface area contributed by atoms with Crippen LogP contribution in [0, 0.1) is 0 Å². The monoisotopic (exact) mass is 497 g/mol. The van der Waals surface area contributed by atoms with Gasteiger partial charge in [0.25, 0.3) is 0 Å². The van der Waals surface area contributed by atoms with E-state index >= 15 is 0 Å². The van der Waals surface area contributed by atoms with Gasteiger partial charge in [-0.3, -0.25) is 0 Å². The van der Waals surface area contributed by atoms with E-state index in [0.29, 0.717) is 6.54 Å². The van der Waals surface area contributed by atoms with Crippen molar-refractivity contribution in [2.75, 3.05) is 12.4 Å². The molecule has 184 valence electrons. The molecular weight excluding hydrogens is 466 g/mol. The molecule has 5 nitrogen and oxygen atoms in total. The van der Waals surface area contributed by atoms with Crippen molar-refractivity contribution in [2.24, 2.45) is 0 Å². The largest absolute Gasteiger partial charge is 0.497 e. The summed E-state index contributed by atoms with van der Waals surface area (Å²) < 4.78 is 7.87. The van der Waals surface area contributed by atoms with E-state index in [1.807, 2.05) is 46.6 Å². The number of hydrogen-bond acceptors (Lipinski definition) is 3. The van der Waals surface area contributed by atoms with Crippen LogP contribution in [0.5, 0.6) is 5.75 Å². The van der Waals surface area contributed by atoms with Crippen LogP contribution >= 0.6 is 11.3 Å². The van der Waals surface area contributed by atoms with Gasteiger partial charge in [-0.15, -0.1) is 11.3 Å². The van der Waals surface area contributed by atoms with Gasteiger partial charge in [-0.1, -0.05) is 31.2 Å². The molecule has 2 aromatic carbocycles. The third kappa shape index (κ3) is 3.99. The van der Waals surface area contributed by atoms with Crippen molar-refractivity contribution in [3.8, 4) is 10.8 Å². The van der Waals surface area contributed by atoms with E-state index < -0.39 is 0 Å². The number of hydrogen-bond donors (Lipinski definition) is 1. The minimum absolute atomic E-state index is 0.0940. The summed E-state index contributed by atoms with van der Waals surface area (Å²) in [6.07, 6.45) is 7.81. The molecule has 0 radical (unpaired) electrons. The summed E-state index contributed by atoms with van der Waals surface area (Å²) in [4.78, 5) is 17.5. The van der Waals surface area contributed by atoms with Crippen LogP contribution in [0.3, 0.4) is 0 Å². The normalized spacial score (nSPS) is 16.5. The summed E-state index contributed by atoms with van der Waals surface area (Å²) in [6.45, 7) is 2.71. The van der Waals surface area contributed by atoms with E-state index in [-0.39, 0.29) is 12.1 Å². The molecule has 0 unspecified atom stereocenters. The third-order valence-corrected chi connectivity index (χ3v) is 8.80. The van der Waals surface area contributed by atoms with Crippen LogP contribution in [0.25, 0.3) is 5.00 Å². The lowest BCUT2D eigenvalue weighted by molar-refractivity contribution is 0.194. The van der Waals surface area contributed by atoms with Crippen LogP contribution < -0.4 is 10.1 Å². The number of carbonyl (C=O) groups excluding carboxylic acids is 1. The minimum atomic E-state index is -0.246. The predicted octanol–water partition coefficient (Wildman–Crippen LogP) is 7.13. The van der Waals surface area contributed by atoms with Crippen LogP contribution in [0.2, 0.25) is 0 Å².